The molecule has 1 unspecified atom stereocenters. The van der Waals surface area contributed by atoms with E-state index in [9.17, 15) is 0 Å². The summed E-state index contributed by atoms with van der Waals surface area (Å²) in [5, 5.41) is 0. The van der Waals surface area contributed by atoms with E-state index in [4.69, 9.17) is 17.2 Å². The number of benzene rings is 1. The van der Waals surface area contributed by atoms with Crippen LogP contribution in [-0.2, 0) is 12.8 Å². The molecule has 0 heterocycles. The Morgan fingerprint density at radius 1 is 1.08 bits per heavy atom. The van der Waals surface area contributed by atoms with Crippen LogP contribution in [0.3, 0.4) is 0 Å². The van der Waals surface area contributed by atoms with E-state index in [1.54, 1.807) is 0 Å². The lowest BCUT2D eigenvalue weighted by atomic mass is 9.86. The van der Waals surface area contributed by atoms with Gasteiger partial charge >= 0.3 is 0 Å². The first-order valence-electron chi connectivity index (χ1n) is 4.59. The SMILES string of the molecule is Nc1ccc(N)c2c1CCC(N)C2. The zero-order valence-electron chi connectivity index (χ0n) is 7.59. The Hall–Kier alpha value is -1.22. The first-order chi connectivity index (χ1) is 6.18. The molecule has 6 N–H and O–H groups in total. The molecule has 0 spiro atoms. The molecular formula is C10H15N3. The van der Waals surface area contributed by atoms with Gasteiger partial charge in [0.15, 0.2) is 0 Å². The average Bonchev–Trinajstić information content (AvgIpc) is 2.12. The molecule has 0 fully saturated rings. The summed E-state index contributed by atoms with van der Waals surface area (Å²) in [6, 6.07) is 3.99. The molecular weight excluding hydrogens is 162 g/mol. The van der Waals surface area contributed by atoms with Crippen molar-refractivity contribution in [3.8, 4) is 0 Å². The highest BCUT2D eigenvalue weighted by molar-refractivity contribution is 5.63. The first-order valence-corrected chi connectivity index (χ1v) is 4.59. The molecule has 0 radical (unpaired) electrons. The number of rotatable bonds is 0. The molecule has 1 aromatic carbocycles. The first kappa shape index (κ1) is 8.38. The summed E-state index contributed by atoms with van der Waals surface area (Å²) < 4.78 is 0. The summed E-state index contributed by atoms with van der Waals surface area (Å²) in [7, 11) is 0. The zero-order valence-corrected chi connectivity index (χ0v) is 7.59. The molecule has 1 aliphatic rings. The molecule has 0 aliphatic heterocycles. The Kier molecular flexibility index (Phi) is 1.88. The molecule has 0 saturated carbocycles. The molecule has 1 aliphatic carbocycles. The van der Waals surface area contributed by atoms with Gasteiger partial charge in [0, 0.05) is 17.4 Å². The topological polar surface area (TPSA) is 78.1 Å². The van der Waals surface area contributed by atoms with E-state index in [1.165, 1.54) is 11.1 Å². The number of hydrogen-bond acceptors (Lipinski definition) is 3. The predicted molar refractivity (Wildman–Crippen MR) is 55.3 cm³/mol. The Morgan fingerprint density at radius 3 is 2.38 bits per heavy atom. The molecule has 0 aromatic heterocycles. The monoisotopic (exact) mass is 177 g/mol. The highest BCUT2D eigenvalue weighted by Crippen LogP contribution is 2.29. The van der Waals surface area contributed by atoms with E-state index in [2.05, 4.69) is 0 Å². The van der Waals surface area contributed by atoms with Gasteiger partial charge in [-0.05, 0) is 42.5 Å². The summed E-state index contributed by atoms with van der Waals surface area (Å²) in [5.74, 6) is 0. The molecule has 0 bridgehead atoms. The third-order valence-corrected chi connectivity index (χ3v) is 2.74. The molecule has 13 heavy (non-hydrogen) atoms. The van der Waals surface area contributed by atoms with Crippen LogP contribution in [0.1, 0.15) is 17.5 Å². The standard InChI is InChI=1S/C10H15N3/c11-6-1-2-7-8(5-6)10(13)4-3-9(7)12/h3-4,6H,1-2,5,11-13H2. The van der Waals surface area contributed by atoms with E-state index in [-0.39, 0.29) is 6.04 Å². The Labute approximate surface area is 77.9 Å². The van der Waals surface area contributed by atoms with Crippen LogP contribution in [0.2, 0.25) is 0 Å². The minimum Gasteiger partial charge on any atom is -0.398 e. The quantitative estimate of drug-likeness (QED) is 0.509. The largest absolute Gasteiger partial charge is 0.398 e. The van der Waals surface area contributed by atoms with Crippen LogP contribution >= 0.6 is 0 Å². The van der Waals surface area contributed by atoms with Crippen molar-refractivity contribution in [2.75, 3.05) is 11.5 Å². The fourth-order valence-corrected chi connectivity index (χ4v) is 1.96. The smallest absolute Gasteiger partial charge is 0.0351 e. The molecule has 3 heteroatoms. The maximum absolute atomic E-state index is 5.87. The highest BCUT2D eigenvalue weighted by Gasteiger charge is 2.19. The Bertz CT molecular complexity index is 333. The van der Waals surface area contributed by atoms with Crippen molar-refractivity contribution >= 4 is 11.4 Å². The summed E-state index contributed by atoms with van der Waals surface area (Å²) in [4.78, 5) is 0. The normalized spacial score (nSPS) is 21.2. The van der Waals surface area contributed by atoms with Gasteiger partial charge in [0.2, 0.25) is 0 Å². The molecule has 1 aromatic rings. The third kappa shape index (κ3) is 1.35. The molecule has 1 atom stereocenters. The van der Waals surface area contributed by atoms with E-state index in [0.29, 0.717) is 0 Å². The van der Waals surface area contributed by atoms with Crippen LogP contribution in [0.5, 0.6) is 0 Å². The average molecular weight is 177 g/mol. The van der Waals surface area contributed by atoms with Crippen LogP contribution in [-0.4, -0.2) is 6.04 Å². The van der Waals surface area contributed by atoms with Crippen molar-refractivity contribution < 1.29 is 0 Å². The Balaban J connectivity index is 2.51. The number of hydrogen-bond donors (Lipinski definition) is 3. The fraction of sp³-hybridized carbons (Fsp3) is 0.400. The Morgan fingerprint density at radius 2 is 1.69 bits per heavy atom. The van der Waals surface area contributed by atoms with Crippen molar-refractivity contribution in [2.45, 2.75) is 25.3 Å². The van der Waals surface area contributed by atoms with Gasteiger partial charge < -0.3 is 17.2 Å². The van der Waals surface area contributed by atoms with Crippen molar-refractivity contribution in [3.63, 3.8) is 0 Å². The van der Waals surface area contributed by atoms with Crippen molar-refractivity contribution in [2.24, 2.45) is 5.73 Å². The van der Waals surface area contributed by atoms with Crippen molar-refractivity contribution in [3.05, 3.63) is 23.3 Å². The number of fused-ring (bicyclic) bond motifs is 1. The van der Waals surface area contributed by atoms with E-state index < -0.39 is 0 Å². The van der Waals surface area contributed by atoms with E-state index in [1.807, 2.05) is 12.1 Å². The fourth-order valence-electron chi connectivity index (χ4n) is 1.96. The van der Waals surface area contributed by atoms with Gasteiger partial charge in [-0.15, -0.1) is 0 Å². The number of nitrogen functional groups attached to an aromatic ring is 2. The second-order valence-corrected chi connectivity index (χ2v) is 3.70. The van der Waals surface area contributed by atoms with Crippen LogP contribution in [0.4, 0.5) is 11.4 Å². The van der Waals surface area contributed by atoms with Crippen LogP contribution in [0.15, 0.2) is 12.1 Å². The van der Waals surface area contributed by atoms with E-state index in [0.717, 1.165) is 30.6 Å². The number of anilines is 2. The minimum atomic E-state index is 0.247. The molecule has 0 amide bonds. The molecule has 3 nitrogen and oxygen atoms in total. The molecule has 2 rings (SSSR count). The zero-order chi connectivity index (χ0) is 9.42. The van der Waals surface area contributed by atoms with Gasteiger partial charge in [0.25, 0.3) is 0 Å². The highest BCUT2D eigenvalue weighted by atomic mass is 14.7. The lowest BCUT2D eigenvalue weighted by molar-refractivity contribution is 0.579. The van der Waals surface area contributed by atoms with Gasteiger partial charge in [-0.3, -0.25) is 0 Å². The molecule has 70 valence electrons. The van der Waals surface area contributed by atoms with Gasteiger partial charge in [-0.1, -0.05) is 0 Å². The third-order valence-electron chi connectivity index (χ3n) is 2.74. The van der Waals surface area contributed by atoms with Crippen LogP contribution in [0, 0.1) is 0 Å². The lowest BCUT2D eigenvalue weighted by Gasteiger charge is -2.24. The number of nitrogens with two attached hydrogens (primary N) is 3. The van der Waals surface area contributed by atoms with Crippen LogP contribution < -0.4 is 17.2 Å². The van der Waals surface area contributed by atoms with Gasteiger partial charge in [0.1, 0.15) is 0 Å². The summed E-state index contributed by atoms with van der Waals surface area (Å²) >= 11 is 0. The minimum absolute atomic E-state index is 0.247. The van der Waals surface area contributed by atoms with Gasteiger partial charge in [-0.2, -0.15) is 0 Å². The van der Waals surface area contributed by atoms with Crippen LogP contribution in [0.25, 0.3) is 0 Å². The summed E-state index contributed by atoms with van der Waals surface area (Å²) in [6.07, 6.45) is 2.85. The lowest BCUT2D eigenvalue weighted by Crippen LogP contribution is -2.29. The summed E-state index contributed by atoms with van der Waals surface area (Å²) in [5.41, 5.74) is 21.7. The van der Waals surface area contributed by atoms with Crippen molar-refractivity contribution in [1.82, 2.24) is 0 Å². The predicted octanol–water partition coefficient (Wildman–Crippen LogP) is 0.667. The van der Waals surface area contributed by atoms with Gasteiger partial charge in [-0.25, -0.2) is 0 Å². The second-order valence-electron chi connectivity index (χ2n) is 3.70. The molecule has 0 saturated heterocycles. The van der Waals surface area contributed by atoms with E-state index >= 15 is 0 Å². The second kappa shape index (κ2) is 2.92. The van der Waals surface area contributed by atoms with Gasteiger partial charge in [0.05, 0.1) is 0 Å². The summed E-state index contributed by atoms with van der Waals surface area (Å²) in [6.45, 7) is 0. The maximum Gasteiger partial charge on any atom is 0.0351 e. The maximum atomic E-state index is 5.87. The van der Waals surface area contributed by atoms with Crippen molar-refractivity contribution in [1.29, 1.82) is 0 Å².